The van der Waals surface area contributed by atoms with Crippen LogP contribution in [-0.4, -0.2) is 27.4 Å². The molecule has 0 aliphatic rings. The van der Waals surface area contributed by atoms with Gasteiger partial charge in [-0.2, -0.15) is 0 Å². The Bertz CT molecular complexity index is 893. The van der Waals surface area contributed by atoms with Crippen molar-refractivity contribution in [3.8, 4) is 0 Å². The van der Waals surface area contributed by atoms with E-state index in [1.54, 1.807) is 30.4 Å². The van der Waals surface area contributed by atoms with Crippen LogP contribution in [0.3, 0.4) is 0 Å². The molecule has 0 bridgehead atoms. The predicted molar refractivity (Wildman–Crippen MR) is 101 cm³/mol. The van der Waals surface area contributed by atoms with Gasteiger partial charge in [0.05, 0.1) is 17.4 Å². The molecule has 0 aliphatic carbocycles. The molecule has 0 radical (unpaired) electrons. The van der Waals surface area contributed by atoms with Crippen LogP contribution in [0.4, 0.5) is 4.79 Å². The maximum atomic E-state index is 12.3. The molecule has 3 N–H and O–H groups in total. The second-order valence-electron chi connectivity index (χ2n) is 5.77. The Morgan fingerprint density at radius 2 is 1.96 bits per heavy atom. The van der Waals surface area contributed by atoms with Gasteiger partial charge in [-0.25, -0.2) is 17.9 Å². The third-order valence-electron chi connectivity index (χ3n) is 3.71. The highest BCUT2D eigenvalue weighted by atomic mass is 32.2. The Kier molecular flexibility index (Phi) is 6.38. The molecule has 1 aromatic carbocycles. The third-order valence-corrected chi connectivity index (χ3v) is 6.24. The Balaban J connectivity index is 2.13. The zero-order valence-electron chi connectivity index (χ0n) is 14.7. The van der Waals surface area contributed by atoms with Gasteiger partial charge >= 0.3 is 6.03 Å². The number of sulfonamides is 1. The van der Waals surface area contributed by atoms with E-state index in [1.807, 2.05) is 29.2 Å². The van der Waals surface area contributed by atoms with Gasteiger partial charge in [0, 0.05) is 11.9 Å². The molecule has 3 amide bonds. The van der Waals surface area contributed by atoms with Crippen molar-refractivity contribution in [2.24, 2.45) is 0 Å². The van der Waals surface area contributed by atoms with Crippen LogP contribution in [0.5, 0.6) is 0 Å². The van der Waals surface area contributed by atoms with Crippen LogP contribution < -0.4 is 15.4 Å². The van der Waals surface area contributed by atoms with Gasteiger partial charge in [-0.05, 0) is 42.5 Å². The molecule has 2 rings (SSSR count). The molecule has 1 atom stereocenters. The van der Waals surface area contributed by atoms with E-state index in [0.29, 0.717) is 11.1 Å². The van der Waals surface area contributed by atoms with Gasteiger partial charge in [-0.15, -0.1) is 11.3 Å². The molecular formula is C17H21N3O4S2. The monoisotopic (exact) mass is 395 g/mol. The third kappa shape index (κ3) is 5.06. The molecule has 140 valence electrons. The Morgan fingerprint density at radius 1 is 1.23 bits per heavy atom. The van der Waals surface area contributed by atoms with Crippen molar-refractivity contribution in [2.45, 2.75) is 31.2 Å². The molecule has 0 saturated heterocycles. The Labute approximate surface area is 156 Å². The van der Waals surface area contributed by atoms with Crippen LogP contribution in [0.15, 0.2) is 40.6 Å². The van der Waals surface area contributed by atoms with Gasteiger partial charge in [0.2, 0.25) is 5.91 Å². The number of aryl methyl sites for hydroxylation is 1. The minimum atomic E-state index is -4.01. The van der Waals surface area contributed by atoms with Crippen molar-refractivity contribution in [2.75, 3.05) is 7.05 Å². The zero-order valence-corrected chi connectivity index (χ0v) is 16.3. The number of thiophene rings is 1. The average Bonchev–Trinajstić information content (AvgIpc) is 3.10. The summed E-state index contributed by atoms with van der Waals surface area (Å²) in [5, 5.41) is 7.03. The lowest BCUT2D eigenvalue weighted by molar-refractivity contribution is -0.121. The molecule has 0 saturated carbocycles. The van der Waals surface area contributed by atoms with E-state index in [9.17, 15) is 18.0 Å². The van der Waals surface area contributed by atoms with E-state index in [0.717, 1.165) is 4.88 Å². The lowest BCUT2D eigenvalue weighted by Gasteiger charge is -2.13. The fraction of sp³-hybridized carbons (Fsp3) is 0.294. The van der Waals surface area contributed by atoms with E-state index >= 15 is 0 Å². The second-order valence-corrected chi connectivity index (χ2v) is 8.40. The fourth-order valence-corrected chi connectivity index (χ4v) is 4.35. The van der Waals surface area contributed by atoms with Gasteiger partial charge in [-0.1, -0.05) is 18.2 Å². The van der Waals surface area contributed by atoms with Crippen molar-refractivity contribution in [3.63, 3.8) is 0 Å². The van der Waals surface area contributed by atoms with Gasteiger partial charge in [-0.3, -0.25) is 4.79 Å². The van der Waals surface area contributed by atoms with Crippen LogP contribution in [0.2, 0.25) is 0 Å². The molecule has 1 aromatic heterocycles. The number of benzene rings is 1. The highest BCUT2D eigenvalue weighted by Gasteiger charge is 2.20. The molecule has 7 nitrogen and oxygen atoms in total. The molecule has 0 aliphatic heterocycles. The SMILES string of the molecule is CNC(=O)NS(=O)(=O)c1cc(CC(=O)NC(C)c2cccs2)ccc1C. The summed E-state index contributed by atoms with van der Waals surface area (Å²) < 4.78 is 26.6. The summed E-state index contributed by atoms with van der Waals surface area (Å²) in [6, 6.07) is 7.64. The first-order valence-electron chi connectivity index (χ1n) is 7.89. The first kappa shape index (κ1) is 19.9. The maximum absolute atomic E-state index is 12.3. The van der Waals surface area contributed by atoms with Gasteiger partial charge in [0.1, 0.15) is 0 Å². The summed E-state index contributed by atoms with van der Waals surface area (Å²) in [6.45, 7) is 3.52. The number of nitrogens with one attached hydrogen (secondary N) is 3. The zero-order chi connectivity index (χ0) is 19.3. The van der Waals surface area contributed by atoms with Gasteiger partial charge < -0.3 is 10.6 Å². The van der Waals surface area contributed by atoms with Crippen molar-refractivity contribution in [1.29, 1.82) is 0 Å². The number of urea groups is 1. The number of carbonyl (C=O) groups is 2. The minimum Gasteiger partial charge on any atom is -0.348 e. The van der Waals surface area contributed by atoms with Crippen molar-refractivity contribution in [1.82, 2.24) is 15.4 Å². The topological polar surface area (TPSA) is 104 Å². The molecular weight excluding hydrogens is 374 g/mol. The van der Waals surface area contributed by atoms with Crippen molar-refractivity contribution >= 4 is 33.3 Å². The largest absolute Gasteiger partial charge is 0.348 e. The van der Waals surface area contributed by atoms with Crippen LogP contribution in [0.1, 0.15) is 29.0 Å². The normalized spacial score (nSPS) is 12.3. The van der Waals surface area contributed by atoms with E-state index in [2.05, 4.69) is 10.6 Å². The van der Waals surface area contributed by atoms with Gasteiger partial charge in [0.25, 0.3) is 10.0 Å². The first-order chi connectivity index (χ1) is 12.2. The van der Waals surface area contributed by atoms with Crippen LogP contribution >= 0.6 is 11.3 Å². The quantitative estimate of drug-likeness (QED) is 0.697. The number of hydrogen-bond donors (Lipinski definition) is 3. The Hall–Kier alpha value is -2.39. The summed E-state index contributed by atoms with van der Waals surface area (Å²) in [6.07, 6.45) is 0.0402. The second kappa shape index (κ2) is 8.33. The lowest BCUT2D eigenvalue weighted by atomic mass is 10.1. The smallest absolute Gasteiger partial charge is 0.328 e. The molecule has 0 fully saturated rings. The predicted octanol–water partition coefficient (Wildman–Crippen LogP) is 2.09. The number of hydrogen-bond acceptors (Lipinski definition) is 5. The average molecular weight is 396 g/mol. The highest BCUT2D eigenvalue weighted by Crippen LogP contribution is 2.20. The minimum absolute atomic E-state index is 0.0299. The maximum Gasteiger partial charge on any atom is 0.328 e. The number of carbonyl (C=O) groups excluding carboxylic acids is 2. The lowest BCUT2D eigenvalue weighted by Crippen LogP contribution is -2.37. The summed E-state index contributed by atoms with van der Waals surface area (Å²) in [5.41, 5.74) is 1.03. The molecule has 1 unspecified atom stereocenters. The first-order valence-corrected chi connectivity index (χ1v) is 10.3. The van der Waals surface area contributed by atoms with Crippen LogP contribution in [0, 0.1) is 6.92 Å². The summed E-state index contributed by atoms with van der Waals surface area (Å²) in [5.74, 6) is -0.211. The number of amides is 3. The molecule has 9 heteroatoms. The summed E-state index contributed by atoms with van der Waals surface area (Å²) in [4.78, 5) is 24.6. The summed E-state index contributed by atoms with van der Waals surface area (Å²) >= 11 is 1.55. The molecule has 2 aromatic rings. The molecule has 0 spiro atoms. The van der Waals surface area contributed by atoms with Crippen molar-refractivity contribution in [3.05, 3.63) is 51.7 Å². The van der Waals surface area contributed by atoms with E-state index in [4.69, 9.17) is 0 Å². The standard InChI is InChI=1S/C17H21N3O4S2/c1-11-6-7-13(9-15(11)26(23,24)20-17(22)18-3)10-16(21)19-12(2)14-5-4-8-25-14/h4-9,12H,10H2,1-3H3,(H,19,21)(H2,18,20,22). The highest BCUT2D eigenvalue weighted by molar-refractivity contribution is 7.90. The van der Waals surface area contributed by atoms with E-state index < -0.39 is 16.1 Å². The van der Waals surface area contributed by atoms with Crippen molar-refractivity contribution < 1.29 is 18.0 Å². The number of rotatable bonds is 6. The van der Waals surface area contributed by atoms with Gasteiger partial charge in [0.15, 0.2) is 0 Å². The van der Waals surface area contributed by atoms with E-state index in [-0.39, 0.29) is 23.3 Å². The Morgan fingerprint density at radius 3 is 2.58 bits per heavy atom. The fourth-order valence-electron chi connectivity index (χ4n) is 2.36. The summed E-state index contributed by atoms with van der Waals surface area (Å²) in [7, 11) is -2.68. The van der Waals surface area contributed by atoms with Crippen LogP contribution in [0.25, 0.3) is 0 Å². The molecule has 26 heavy (non-hydrogen) atoms. The van der Waals surface area contributed by atoms with E-state index in [1.165, 1.54) is 13.1 Å². The molecule has 1 heterocycles. The van der Waals surface area contributed by atoms with Crippen LogP contribution in [-0.2, 0) is 21.2 Å².